The highest BCUT2D eigenvalue weighted by atomic mass is 14.4. The van der Waals surface area contributed by atoms with Crippen molar-refractivity contribution in [3.05, 3.63) is 0 Å². The molecule has 0 atom stereocenters. The predicted molar refractivity (Wildman–Crippen MR) is 85.3 cm³/mol. The van der Waals surface area contributed by atoms with E-state index in [2.05, 4.69) is 13.8 Å². The van der Waals surface area contributed by atoms with Crippen LogP contribution in [0.15, 0.2) is 0 Å². The van der Waals surface area contributed by atoms with Gasteiger partial charge in [-0.05, 0) is 49.4 Å². The normalized spacial score (nSPS) is 44.7. The molecule has 0 heterocycles. The van der Waals surface area contributed by atoms with Crippen LogP contribution in [0.4, 0.5) is 0 Å². The monoisotopic (exact) mass is 268 g/mol. The van der Waals surface area contributed by atoms with Gasteiger partial charge in [-0.15, -0.1) is 0 Å². The molecule has 0 radical (unpaired) electrons. The molecule has 0 N–H and O–H groups in total. The van der Waals surface area contributed by atoms with Crippen molar-refractivity contribution >= 4 is 0 Å². The van der Waals surface area contributed by atoms with E-state index in [1.54, 1.807) is 0 Å². The zero-order valence-corrected chi connectivity index (χ0v) is 13.1. The highest BCUT2D eigenvalue weighted by molar-refractivity contribution is 4.82. The summed E-state index contributed by atoms with van der Waals surface area (Å²) in [6.45, 7) is 4.36. The minimum absolute atomic E-state index is 0.250. The van der Waals surface area contributed by atoms with Crippen molar-refractivity contribution in [1.82, 2.24) is 0 Å². The van der Waals surface area contributed by atoms with Crippen molar-refractivity contribution in [3.8, 4) is 0 Å². The highest BCUT2D eigenvalue weighted by Gasteiger charge is 2.30. The van der Waals surface area contributed by atoms with Crippen LogP contribution in [-0.2, 0) is 0 Å². The molecule has 0 bridgehead atoms. The predicted octanol–water partition coefficient (Wildman–Crippen LogP) is 6.59. The summed E-state index contributed by atoms with van der Waals surface area (Å²) in [6.07, 6.45) is 8.72. The van der Waals surface area contributed by atoms with E-state index in [0.717, 1.165) is 18.8 Å². The SMILES string of the molecule is [2H]C1([2H])C[C@H]([C@H]2CC[C@H](CCC)CC2)CC([2H])([2H])[C@H]1CCCC. The Balaban J connectivity index is 1.98. The van der Waals surface area contributed by atoms with E-state index >= 15 is 0 Å². The maximum atomic E-state index is 8.50. The van der Waals surface area contributed by atoms with Gasteiger partial charge in [0.15, 0.2) is 0 Å². The third-order valence-electron chi connectivity index (χ3n) is 5.35. The molecule has 0 saturated heterocycles. The Morgan fingerprint density at radius 1 is 0.737 bits per heavy atom. The Morgan fingerprint density at radius 2 is 1.37 bits per heavy atom. The maximum Gasteiger partial charge on any atom is 0.0269 e. The third kappa shape index (κ3) is 4.80. The molecule has 0 nitrogen and oxygen atoms in total. The molecule has 2 fully saturated rings. The van der Waals surface area contributed by atoms with E-state index in [0.29, 0.717) is 25.2 Å². The lowest BCUT2D eigenvalue weighted by Crippen LogP contribution is -2.25. The number of unbranched alkanes of at least 4 members (excludes halogenated alkanes) is 1. The highest BCUT2D eigenvalue weighted by Crippen LogP contribution is 2.42. The summed E-state index contributed by atoms with van der Waals surface area (Å²) in [5, 5.41) is 0. The molecule has 0 aromatic carbocycles. The molecule has 0 aliphatic heterocycles. The first-order valence-corrected chi connectivity index (χ1v) is 8.80. The van der Waals surface area contributed by atoms with Gasteiger partial charge in [-0.25, -0.2) is 0 Å². The van der Waals surface area contributed by atoms with Crippen molar-refractivity contribution in [2.24, 2.45) is 23.7 Å². The third-order valence-corrected chi connectivity index (χ3v) is 5.35. The maximum absolute atomic E-state index is 8.50. The second-order valence-electron chi connectivity index (χ2n) is 6.84. The number of hydrogen-bond donors (Lipinski definition) is 0. The van der Waals surface area contributed by atoms with Crippen molar-refractivity contribution in [2.45, 2.75) is 97.2 Å². The minimum atomic E-state index is -1.33. The smallest absolute Gasteiger partial charge is 0.0269 e. The molecule has 2 aliphatic carbocycles. The average Bonchev–Trinajstić information content (AvgIpc) is 2.46. The van der Waals surface area contributed by atoms with E-state index in [-0.39, 0.29) is 5.92 Å². The molecule has 0 heteroatoms. The summed E-state index contributed by atoms with van der Waals surface area (Å²) in [5.74, 6) is 1.26. The fraction of sp³-hybridized carbons (Fsp3) is 1.00. The molecule has 2 saturated carbocycles. The summed E-state index contributed by atoms with van der Waals surface area (Å²) < 4.78 is 34.0. The molecular weight excluding hydrogens is 228 g/mol. The molecule has 0 spiro atoms. The van der Waals surface area contributed by atoms with Crippen LogP contribution in [-0.4, -0.2) is 0 Å². The first-order valence-electron chi connectivity index (χ1n) is 10.8. The number of hydrogen-bond acceptors (Lipinski definition) is 0. The fourth-order valence-electron chi connectivity index (χ4n) is 4.03. The first kappa shape index (κ1) is 10.7. The molecule has 2 rings (SSSR count). The van der Waals surface area contributed by atoms with Crippen molar-refractivity contribution in [1.29, 1.82) is 0 Å². The van der Waals surface area contributed by atoms with Crippen LogP contribution in [0.3, 0.4) is 0 Å². The Morgan fingerprint density at radius 3 is 1.95 bits per heavy atom. The number of rotatable bonds is 6. The molecule has 112 valence electrons. The average molecular weight is 269 g/mol. The summed E-state index contributed by atoms with van der Waals surface area (Å²) in [5.41, 5.74) is 0. The van der Waals surface area contributed by atoms with Crippen LogP contribution in [0.2, 0.25) is 0 Å². The minimum Gasteiger partial charge on any atom is -0.0654 e. The molecule has 0 aromatic rings. The quantitative estimate of drug-likeness (QED) is 0.510. The van der Waals surface area contributed by atoms with Crippen LogP contribution < -0.4 is 0 Å². The summed E-state index contributed by atoms with van der Waals surface area (Å²) >= 11 is 0. The van der Waals surface area contributed by atoms with Gasteiger partial charge in [0.1, 0.15) is 0 Å². The molecule has 2 aliphatic rings. The van der Waals surface area contributed by atoms with Crippen LogP contribution in [0.25, 0.3) is 0 Å². The zero-order valence-electron chi connectivity index (χ0n) is 17.1. The molecule has 19 heavy (non-hydrogen) atoms. The van der Waals surface area contributed by atoms with Gasteiger partial charge in [0.25, 0.3) is 0 Å². The lowest BCUT2D eigenvalue weighted by atomic mass is 9.68. The van der Waals surface area contributed by atoms with Gasteiger partial charge in [-0.3, -0.25) is 0 Å². The second kappa shape index (κ2) is 8.32. The lowest BCUT2D eigenvalue weighted by molar-refractivity contribution is 0.140. The summed E-state index contributed by atoms with van der Waals surface area (Å²) in [4.78, 5) is 0. The van der Waals surface area contributed by atoms with Gasteiger partial charge < -0.3 is 0 Å². The van der Waals surface area contributed by atoms with Gasteiger partial charge >= 0.3 is 0 Å². The second-order valence-corrected chi connectivity index (χ2v) is 6.84. The standard InChI is InChI=1S/C19H36/c1-3-5-7-17-10-14-19(15-11-17)18-12-8-16(6-4-2)9-13-18/h16-19H,3-15H2,1-2H3/t16-,17-,18-,19-/i10D2,11D2. The van der Waals surface area contributed by atoms with Crippen LogP contribution in [0.1, 0.15) is 103 Å². The Hall–Kier alpha value is 0. The summed E-state index contributed by atoms with van der Waals surface area (Å²) in [6, 6.07) is 0. The largest absolute Gasteiger partial charge is 0.0654 e. The van der Waals surface area contributed by atoms with Crippen LogP contribution in [0, 0.1) is 23.7 Å². The Bertz CT molecular complexity index is 340. The van der Waals surface area contributed by atoms with E-state index in [1.807, 2.05) is 0 Å². The fourth-order valence-corrected chi connectivity index (χ4v) is 4.03. The zero-order chi connectivity index (χ0) is 17.1. The van der Waals surface area contributed by atoms with Gasteiger partial charge in [-0.1, -0.05) is 71.5 Å². The Labute approximate surface area is 127 Å². The molecule has 0 amide bonds. The topological polar surface area (TPSA) is 0 Å². The van der Waals surface area contributed by atoms with Gasteiger partial charge in [0.2, 0.25) is 0 Å². The molecule has 0 aromatic heterocycles. The van der Waals surface area contributed by atoms with Gasteiger partial charge in [0, 0.05) is 5.48 Å². The summed E-state index contributed by atoms with van der Waals surface area (Å²) in [7, 11) is 0. The van der Waals surface area contributed by atoms with Crippen LogP contribution >= 0.6 is 0 Å². The van der Waals surface area contributed by atoms with Crippen LogP contribution in [0.5, 0.6) is 0 Å². The van der Waals surface area contributed by atoms with Crippen molar-refractivity contribution in [3.63, 3.8) is 0 Å². The van der Waals surface area contributed by atoms with E-state index in [4.69, 9.17) is 5.48 Å². The van der Waals surface area contributed by atoms with Gasteiger partial charge in [0.05, 0.1) is 0 Å². The Kier molecular flexibility index (Phi) is 4.68. The van der Waals surface area contributed by atoms with Gasteiger partial charge in [-0.2, -0.15) is 0 Å². The molecular formula is C19H36. The van der Waals surface area contributed by atoms with E-state index in [1.165, 1.54) is 38.5 Å². The van der Waals surface area contributed by atoms with E-state index in [9.17, 15) is 0 Å². The first-order chi connectivity index (χ1) is 10.8. The van der Waals surface area contributed by atoms with Crippen molar-refractivity contribution in [2.75, 3.05) is 0 Å². The van der Waals surface area contributed by atoms with E-state index < -0.39 is 18.7 Å². The lowest BCUT2D eigenvalue weighted by Gasteiger charge is -2.38. The molecule has 0 unspecified atom stereocenters. The van der Waals surface area contributed by atoms with Crippen molar-refractivity contribution < 1.29 is 5.48 Å².